The third kappa shape index (κ3) is 4.16. The molecule has 0 bridgehead atoms. The minimum Gasteiger partial charge on any atom is -0.300 e. The van der Waals surface area contributed by atoms with Crippen LogP contribution < -0.4 is 0 Å². The van der Waals surface area contributed by atoms with Crippen LogP contribution in [0.3, 0.4) is 0 Å². The van der Waals surface area contributed by atoms with Gasteiger partial charge in [0.15, 0.2) is 5.78 Å². The van der Waals surface area contributed by atoms with Gasteiger partial charge in [-0.15, -0.1) is 0 Å². The summed E-state index contributed by atoms with van der Waals surface area (Å²) in [5.74, 6) is -0.202. The summed E-state index contributed by atoms with van der Waals surface area (Å²) in [5.41, 5.74) is 0.604. The second-order valence-electron chi connectivity index (χ2n) is 2.67. The summed E-state index contributed by atoms with van der Waals surface area (Å²) in [6, 6.07) is 8.84. The molecule has 0 radical (unpaired) electrons. The molecule has 0 fully saturated rings. The van der Waals surface area contributed by atoms with E-state index in [2.05, 4.69) is 0 Å². The van der Waals surface area contributed by atoms with E-state index in [9.17, 15) is 9.59 Å². The van der Waals surface area contributed by atoms with E-state index < -0.39 is 0 Å². The topological polar surface area (TPSA) is 34.1 Å². The van der Waals surface area contributed by atoms with Crippen LogP contribution in [-0.4, -0.2) is 11.6 Å². The molecule has 0 amide bonds. The van der Waals surface area contributed by atoms with Gasteiger partial charge in [-0.3, -0.25) is 9.59 Å². The molecule has 0 saturated heterocycles. The Bertz CT molecular complexity index is 293. The molecule has 0 spiro atoms. The second kappa shape index (κ2) is 5.84. The van der Waals surface area contributed by atoms with Gasteiger partial charge in [0.2, 0.25) is 0 Å². The third-order valence-corrected chi connectivity index (χ3v) is 1.51. The van der Waals surface area contributed by atoms with E-state index in [-0.39, 0.29) is 39.7 Å². The van der Waals surface area contributed by atoms with Crippen molar-refractivity contribution in [2.24, 2.45) is 0 Å². The van der Waals surface area contributed by atoms with Crippen LogP contribution in [0.15, 0.2) is 30.3 Å². The van der Waals surface area contributed by atoms with Crippen molar-refractivity contribution in [3.63, 3.8) is 0 Å². The van der Waals surface area contributed by atoms with Gasteiger partial charge in [0.1, 0.15) is 5.78 Å². The number of carbonyl (C=O) groups excluding carboxylic acids is 2. The van der Waals surface area contributed by atoms with E-state index in [1.165, 1.54) is 6.92 Å². The van der Waals surface area contributed by atoms with Crippen LogP contribution in [0.25, 0.3) is 0 Å². The minimum atomic E-state index is -0.108. The molecule has 66 valence electrons. The van der Waals surface area contributed by atoms with Crippen molar-refractivity contribution >= 4 is 11.6 Å². The molecule has 0 aliphatic rings. The van der Waals surface area contributed by atoms with Gasteiger partial charge in [-0.1, -0.05) is 30.3 Å². The molecule has 0 aromatic heterocycles. The van der Waals surface area contributed by atoms with Crippen LogP contribution in [0.4, 0.5) is 0 Å². The average molecular weight is 210 g/mol. The summed E-state index contributed by atoms with van der Waals surface area (Å²) >= 11 is 0. The Morgan fingerprint density at radius 1 is 1.15 bits per heavy atom. The summed E-state index contributed by atoms with van der Waals surface area (Å²) in [5, 5.41) is 0. The third-order valence-electron chi connectivity index (χ3n) is 1.51. The van der Waals surface area contributed by atoms with Crippen LogP contribution in [-0.2, 0) is 26.5 Å². The fourth-order valence-electron chi connectivity index (χ4n) is 0.952. The Morgan fingerprint density at radius 2 is 1.69 bits per heavy atom. The van der Waals surface area contributed by atoms with Crippen molar-refractivity contribution in [2.45, 2.75) is 13.3 Å². The largest absolute Gasteiger partial charge is 0.300 e. The van der Waals surface area contributed by atoms with Gasteiger partial charge < -0.3 is 0 Å². The number of benzene rings is 1. The van der Waals surface area contributed by atoms with E-state index in [4.69, 9.17) is 0 Å². The predicted molar refractivity (Wildman–Crippen MR) is 46.1 cm³/mol. The first-order valence-electron chi connectivity index (χ1n) is 3.78. The predicted octanol–water partition coefficient (Wildman–Crippen LogP) is 1.85. The zero-order valence-corrected chi connectivity index (χ0v) is 8.97. The van der Waals surface area contributed by atoms with Gasteiger partial charge in [0, 0.05) is 27.3 Å². The zero-order valence-electron chi connectivity index (χ0n) is 7.41. The number of carbonyl (C=O) groups is 2. The van der Waals surface area contributed by atoms with Crippen molar-refractivity contribution in [3.8, 4) is 0 Å². The molecule has 0 unspecified atom stereocenters. The number of hydrogen-bond acceptors (Lipinski definition) is 2. The summed E-state index contributed by atoms with van der Waals surface area (Å²) in [4.78, 5) is 21.8. The quantitative estimate of drug-likeness (QED) is 0.433. The first kappa shape index (κ1) is 12.3. The van der Waals surface area contributed by atoms with Crippen molar-refractivity contribution < 1.29 is 31.3 Å². The van der Waals surface area contributed by atoms with E-state index in [1.54, 1.807) is 24.3 Å². The van der Waals surface area contributed by atoms with E-state index >= 15 is 0 Å². The van der Waals surface area contributed by atoms with Gasteiger partial charge in [-0.05, 0) is 6.92 Å². The molecular weight excluding hydrogens is 200 g/mol. The molecule has 0 saturated carbocycles. The maximum atomic E-state index is 11.2. The fourth-order valence-corrected chi connectivity index (χ4v) is 0.952. The number of hydrogen-bond donors (Lipinski definition) is 0. The van der Waals surface area contributed by atoms with E-state index in [1.807, 2.05) is 6.07 Å². The molecule has 3 heteroatoms. The first-order chi connectivity index (χ1) is 5.70. The first-order valence-corrected chi connectivity index (χ1v) is 3.78. The maximum Gasteiger partial charge on any atom is 0.170 e. The Kier molecular flexibility index (Phi) is 5.51. The molecular formula is C10H10O2Ti. The zero-order chi connectivity index (χ0) is 8.97. The molecule has 0 N–H and O–H groups in total. The van der Waals surface area contributed by atoms with E-state index in [0.717, 1.165) is 0 Å². The Balaban J connectivity index is 0.00000144. The Labute approximate surface area is 92.2 Å². The van der Waals surface area contributed by atoms with Crippen LogP contribution in [0.5, 0.6) is 0 Å². The molecule has 0 aliphatic carbocycles. The minimum absolute atomic E-state index is 0. The van der Waals surface area contributed by atoms with Crippen molar-refractivity contribution in [1.29, 1.82) is 0 Å². The van der Waals surface area contributed by atoms with Gasteiger partial charge in [-0.25, -0.2) is 0 Å². The number of rotatable bonds is 3. The summed E-state index contributed by atoms with van der Waals surface area (Å²) in [6.45, 7) is 1.42. The smallest absolute Gasteiger partial charge is 0.170 e. The molecule has 13 heavy (non-hydrogen) atoms. The van der Waals surface area contributed by atoms with E-state index in [0.29, 0.717) is 5.56 Å². The van der Waals surface area contributed by atoms with Gasteiger partial charge >= 0.3 is 0 Å². The number of ketones is 2. The van der Waals surface area contributed by atoms with Crippen molar-refractivity contribution in [2.75, 3.05) is 0 Å². The molecule has 2 nitrogen and oxygen atoms in total. The fraction of sp³-hybridized carbons (Fsp3) is 0.200. The molecule has 1 aromatic carbocycles. The average Bonchev–Trinajstić information content (AvgIpc) is 2.05. The van der Waals surface area contributed by atoms with Crippen LogP contribution in [0, 0.1) is 0 Å². The standard InChI is InChI=1S/C10H10O2.Ti/c1-8(11)7-10(12)9-5-3-2-4-6-9;/h2-6H,7H2,1H3;. The van der Waals surface area contributed by atoms with Crippen LogP contribution in [0.1, 0.15) is 23.7 Å². The van der Waals surface area contributed by atoms with Crippen molar-refractivity contribution in [1.82, 2.24) is 0 Å². The monoisotopic (exact) mass is 210 g/mol. The van der Waals surface area contributed by atoms with Crippen molar-refractivity contribution in [3.05, 3.63) is 35.9 Å². The van der Waals surface area contributed by atoms with Crippen LogP contribution >= 0.6 is 0 Å². The molecule has 0 heterocycles. The van der Waals surface area contributed by atoms with Gasteiger partial charge in [0.05, 0.1) is 6.42 Å². The molecule has 0 aliphatic heterocycles. The van der Waals surface area contributed by atoms with Gasteiger partial charge in [-0.2, -0.15) is 0 Å². The SMILES string of the molecule is CC(=O)CC(=O)c1ccccc1.[Ti]. The summed E-state index contributed by atoms with van der Waals surface area (Å²) < 4.78 is 0. The Morgan fingerprint density at radius 3 is 2.15 bits per heavy atom. The normalized spacial score (nSPS) is 8.69. The summed E-state index contributed by atoms with van der Waals surface area (Å²) in [7, 11) is 0. The Hall–Kier alpha value is -0.726. The number of Topliss-reactive ketones (excluding diaryl/α,β-unsaturated/α-hetero) is 2. The molecule has 1 rings (SSSR count). The van der Waals surface area contributed by atoms with Gasteiger partial charge in [0.25, 0.3) is 0 Å². The second-order valence-corrected chi connectivity index (χ2v) is 2.67. The van der Waals surface area contributed by atoms with Crippen LogP contribution in [0.2, 0.25) is 0 Å². The summed E-state index contributed by atoms with van der Waals surface area (Å²) in [6.07, 6.45) is 0.00398. The molecule has 0 atom stereocenters. The maximum absolute atomic E-state index is 11.2. The molecule has 1 aromatic rings.